The summed E-state index contributed by atoms with van der Waals surface area (Å²) in [5.41, 5.74) is 0. The van der Waals surface area contributed by atoms with Gasteiger partial charge in [-0.15, -0.1) is 0 Å². The van der Waals surface area contributed by atoms with Crippen LogP contribution in [0, 0.1) is 0 Å². The van der Waals surface area contributed by atoms with Gasteiger partial charge in [-0.3, -0.25) is 13.8 Å². The van der Waals surface area contributed by atoms with Gasteiger partial charge < -0.3 is 39.9 Å². The first-order valence-electron chi connectivity index (χ1n) is 20.0. The number of esters is 1. The topological polar surface area (TPSA) is 192 Å². The van der Waals surface area contributed by atoms with Crippen molar-refractivity contribution in [3.05, 3.63) is 48.6 Å². The Hall–Kier alpha value is -1.70. The van der Waals surface area contributed by atoms with Gasteiger partial charge in [0.15, 0.2) is 0 Å². The molecule has 0 radical (unpaired) electrons. The number of rotatable bonds is 32. The Bertz CT molecular complexity index is 1060. The normalized spacial score (nSPS) is 24.2. The average molecular weight is 775 g/mol. The van der Waals surface area contributed by atoms with Crippen molar-refractivity contribution in [2.24, 2.45) is 0 Å². The fourth-order valence-corrected chi connectivity index (χ4v) is 6.75. The number of hydrogen-bond donors (Lipinski definition) is 6. The van der Waals surface area contributed by atoms with E-state index < -0.39 is 63.1 Å². The number of ether oxygens (including phenoxy) is 2. The van der Waals surface area contributed by atoms with Crippen molar-refractivity contribution >= 4 is 13.8 Å². The van der Waals surface area contributed by atoms with Crippen LogP contribution in [-0.4, -0.2) is 98.9 Å². The second-order valence-corrected chi connectivity index (χ2v) is 15.2. The molecular formula is C40H71O12P. The molecule has 0 aromatic rings. The summed E-state index contributed by atoms with van der Waals surface area (Å²) >= 11 is 0. The number of allylic oxidation sites excluding steroid dienone is 8. The molecule has 0 saturated heterocycles. The van der Waals surface area contributed by atoms with E-state index >= 15 is 0 Å². The molecule has 0 aromatic heterocycles. The van der Waals surface area contributed by atoms with Crippen molar-refractivity contribution in [2.75, 3.05) is 19.8 Å². The van der Waals surface area contributed by atoms with Crippen LogP contribution in [0.4, 0.5) is 0 Å². The van der Waals surface area contributed by atoms with E-state index in [0.717, 1.165) is 44.9 Å². The Kier molecular flexibility index (Phi) is 29.3. The average Bonchev–Trinajstić information content (AvgIpc) is 3.14. The van der Waals surface area contributed by atoms with Gasteiger partial charge in [-0.25, -0.2) is 4.57 Å². The largest absolute Gasteiger partial charge is 0.472 e. The van der Waals surface area contributed by atoms with Gasteiger partial charge >= 0.3 is 13.8 Å². The molecule has 6 N–H and O–H groups in total. The maximum Gasteiger partial charge on any atom is 0.472 e. The molecule has 0 bridgehead atoms. The van der Waals surface area contributed by atoms with Crippen LogP contribution in [-0.2, 0) is 27.9 Å². The summed E-state index contributed by atoms with van der Waals surface area (Å²) in [4.78, 5) is 23.0. The van der Waals surface area contributed by atoms with Crippen LogP contribution in [0.1, 0.15) is 136 Å². The number of unbranched alkanes of at least 4 members (excludes halogenated alkanes) is 12. The lowest BCUT2D eigenvalue weighted by molar-refractivity contribution is -0.220. The van der Waals surface area contributed by atoms with E-state index in [1.165, 1.54) is 64.2 Å². The van der Waals surface area contributed by atoms with Gasteiger partial charge in [-0.2, -0.15) is 0 Å². The molecule has 0 aromatic carbocycles. The molecule has 6 unspecified atom stereocenters. The molecule has 53 heavy (non-hydrogen) atoms. The van der Waals surface area contributed by atoms with Gasteiger partial charge in [0, 0.05) is 13.0 Å². The molecule has 6 atom stereocenters. The van der Waals surface area contributed by atoms with Crippen molar-refractivity contribution in [1.29, 1.82) is 0 Å². The first-order chi connectivity index (χ1) is 25.5. The number of carbonyl (C=O) groups excluding carboxylic acids is 1. The highest BCUT2D eigenvalue weighted by molar-refractivity contribution is 7.47. The van der Waals surface area contributed by atoms with E-state index in [9.17, 15) is 39.8 Å². The molecule has 13 heteroatoms. The Morgan fingerprint density at radius 3 is 1.58 bits per heavy atom. The third-order valence-electron chi connectivity index (χ3n) is 8.98. The minimum Gasteiger partial charge on any atom is -0.457 e. The smallest absolute Gasteiger partial charge is 0.457 e. The van der Waals surface area contributed by atoms with E-state index in [1.807, 2.05) is 18.2 Å². The number of aliphatic hydroxyl groups is 5. The van der Waals surface area contributed by atoms with E-state index in [-0.39, 0.29) is 13.0 Å². The molecule has 12 nitrogen and oxygen atoms in total. The molecule has 1 aliphatic carbocycles. The standard InChI is InChI=1S/C40H71O12P/c1-3-5-7-9-11-13-15-17-19-21-23-25-27-29-34(41)51-33(31-49-30-28-26-24-22-20-18-16-14-12-10-8-6-4-2)32-50-53(47,48)52-40-38(45)36(43)35(42)37(44)39(40)46/h5,7,11,13,17,19,23,25,33,35-40,42-46H,3-4,6,8-10,12,14-16,18,20-22,24,26-32H2,1-2H3,(H,47,48)/b7-5-,13-11-,19-17-,25-23-. The minimum absolute atomic E-state index is 0.0649. The zero-order valence-electron chi connectivity index (χ0n) is 32.3. The highest BCUT2D eigenvalue weighted by atomic mass is 31.2. The van der Waals surface area contributed by atoms with Gasteiger partial charge in [0.25, 0.3) is 0 Å². The van der Waals surface area contributed by atoms with Gasteiger partial charge in [0.1, 0.15) is 42.7 Å². The quantitative estimate of drug-likeness (QED) is 0.0179. The third-order valence-corrected chi connectivity index (χ3v) is 9.96. The van der Waals surface area contributed by atoms with Gasteiger partial charge in [-0.05, 0) is 38.5 Å². The molecule has 0 aliphatic heterocycles. The lowest BCUT2D eigenvalue weighted by Gasteiger charge is -2.41. The summed E-state index contributed by atoms with van der Waals surface area (Å²) in [6.45, 7) is 4.03. The first kappa shape index (κ1) is 49.3. The van der Waals surface area contributed by atoms with Gasteiger partial charge in [0.05, 0.1) is 13.2 Å². The first-order valence-corrected chi connectivity index (χ1v) is 21.5. The Morgan fingerprint density at radius 2 is 1.08 bits per heavy atom. The lowest BCUT2D eigenvalue weighted by atomic mass is 9.85. The molecule has 1 fully saturated rings. The summed E-state index contributed by atoms with van der Waals surface area (Å²) in [5, 5.41) is 50.0. The minimum atomic E-state index is -5.03. The summed E-state index contributed by atoms with van der Waals surface area (Å²) in [7, 11) is -5.03. The SMILES string of the molecule is CC/C=C\C/C=C\C/C=C\C/C=C\CCC(=O)OC(COCCCCCCCCCCCCCCC)COP(=O)(O)OC1C(O)C(O)C(O)C(O)C1O. The van der Waals surface area contributed by atoms with Crippen molar-refractivity contribution < 1.29 is 58.3 Å². The predicted octanol–water partition coefficient (Wildman–Crippen LogP) is 6.91. The molecule has 1 rings (SSSR count). The lowest BCUT2D eigenvalue weighted by Crippen LogP contribution is -2.64. The molecule has 1 aliphatic rings. The zero-order valence-corrected chi connectivity index (χ0v) is 33.2. The Morgan fingerprint density at radius 1 is 0.623 bits per heavy atom. The van der Waals surface area contributed by atoms with Gasteiger partial charge in [0.2, 0.25) is 0 Å². The Labute approximate surface area is 318 Å². The molecule has 308 valence electrons. The summed E-state index contributed by atoms with van der Waals surface area (Å²) in [6, 6.07) is 0. The van der Waals surface area contributed by atoms with Gasteiger partial charge in [-0.1, -0.05) is 140 Å². The van der Waals surface area contributed by atoms with Crippen molar-refractivity contribution in [2.45, 2.75) is 179 Å². The number of hydrogen-bond acceptors (Lipinski definition) is 11. The van der Waals surface area contributed by atoms with Crippen LogP contribution in [0.25, 0.3) is 0 Å². The summed E-state index contributed by atoms with van der Waals surface area (Å²) < 4.78 is 33.9. The second-order valence-electron chi connectivity index (χ2n) is 13.8. The second kappa shape index (κ2) is 31.5. The summed E-state index contributed by atoms with van der Waals surface area (Å²) in [5.74, 6) is -0.558. The van der Waals surface area contributed by atoms with Crippen LogP contribution >= 0.6 is 7.82 Å². The fraction of sp³-hybridized carbons (Fsp3) is 0.775. The van der Waals surface area contributed by atoms with E-state index in [0.29, 0.717) is 13.0 Å². The van der Waals surface area contributed by atoms with E-state index in [1.54, 1.807) is 0 Å². The molecule has 1 saturated carbocycles. The number of phosphoric acid groups is 1. The highest BCUT2D eigenvalue weighted by Crippen LogP contribution is 2.47. The van der Waals surface area contributed by atoms with Crippen LogP contribution < -0.4 is 0 Å². The number of carbonyl (C=O) groups is 1. The fourth-order valence-electron chi connectivity index (χ4n) is 5.78. The highest BCUT2D eigenvalue weighted by Gasteiger charge is 2.51. The third kappa shape index (κ3) is 24.4. The van der Waals surface area contributed by atoms with Crippen molar-refractivity contribution in [3.8, 4) is 0 Å². The maximum absolute atomic E-state index is 12.7. The Balaban J connectivity index is 2.52. The van der Waals surface area contributed by atoms with E-state index in [2.05, 4.69) is 44.2 Å². The van der Waals surface area contributed by atoms with Crippen LogP contribution in [0.15, 0.2) is 48.6 Å². The number of phosphoric ester groups is 1. The van der Waals surface area contributed by atoms with Crippen LogP contribution in [0.5, 0.6) is 0 Å². The molecular weight excluding hydrogens is 703 g/mol. The predicted molar refractivity (Wildman–Crippen MR) is 207 cm³/mol. The molecule has 0 spiro atoms. The zero-order chi connectivity index (χ0) is 39.2. The monoisotopic (exact) mass is 774 g/mol. The van der Waals surface area contributed by atoms with E-state index in [4.69, 9.17) is 18.5 Å². The van der Waals surface area contributed by atoms with Crippen molar-refractivity contribution in [1.82, 2.24) is 0 Å². The maximum atomic E-state index is 12.7. The summed E-state index contributed by atoms with van der Waals surface area (Å²) in [6.07, 6.45) is 23.5. The molecule has 0 heterocycles. The van der Waals surface area contributed by atoms with Crippen LogP contribution in [0.2, 0.25) is 0 Å². The number of aliphatic hydroxyl groups excluding tert-OH is 5. The molecule has 0 amide bonds. The van der Waals surface area contributed by atoms with Crippen molar-refractivity contribution in [3.63, 3.8) is 0 Å². The van der Waals surface area contributed by atoms with Crippen LogP contribution in [0.3, 0.4) is 0 Å².